The number of nitrogens with zero attached hydrogens (tertiary/aromatic N) is 2. The zero-order valence-corrected chi connectivity index (χ0v) is 35.8. The SMILES string of the molecule is CCCCCCCCC(CC)OC(=O)NCCCOC(=O)CCN(CCC(=O)OCCCNC(=O)OC(CC)CCCCCCCC)CCC1CCCN1C. The van der Waals surface area contributed by atoms with Crippen LogP contribution in [0, 0.1) is 0 Å². The van der Waals surface area contributed by atoms with Crippen molar-refractivity contribution in [3.8, 4) is 0 Å². The highest BCUT2D eigenvalue weighted by molar-refractivity contribution is 5.70. The number of hydrogen-bond donors (Lipinski definition) is 2. The molecule has 3 atom stereocenters. The van der Waals surface area contributed by atoms with Crippen molar-refractivity contribution in [1.29, 1.82) is 0 Å². The van der Waals surface area contributed by atoms with Crippen molar-refractivity contribution < 1.29 is 38.1 Å². The second-order valence-electron chi connectivity index (χ2n) is 15.4. The van der Waals surface area contributed by atoms with Crippen molar-refractivity contribution in [1.82, 2.24) is 20.4 Å². The molecular formula is C43H82N4O8. The molecule has 1 aliphatic rings. The van der Waals surface area contributed by atoms with Crippen LogP contribution in [-0.2, 0) is 28.5 Å². The van der Waals surface area contributed by atoms with E-state index in [9.17, 15) is 19.2 Å². The topological polar surface area (TPSA) is 136 Å². The molecule has 0 aromatic rings. The van der Waals surface area contributed by atoms with E-state index in [0.717, 1.165) is 64.5 Å². The third-order valence-corrected chi connectivity index (χ3v) is 10.6. The van der Waals surface area contributed by atoms with Crippen LogP contribution >= 0.6 is 0 Å². The van der Waals surface area contributed by atoms with Crippen LogP contribution in [0.25, 0.3) is 0 Å². The van der Waals surface area contributed by atoms with Gasteiger partial charge in [0, 0.05) is 32.2 Å². The Morgan fingerprint density at radius 2 is 1.09 bits per heavy atom. The van der Waals surface area contributed by atoms with E-state index in [2.05, 4.69) is 41.3 Å². The number of ether oxygens (including phenoxy) is 4. The van der Waals surface area contributed by atoms with Gasteiger partial charge >= 0.3 is 24.1 Å². The van der Waals surface area contributed by atoms with Gasteiger partial charge in [-0.15, -0.1) is 0 Å². The lowest BCUT2D eigenvalue weighted by molar-refractivity contribution is -0.144. The molecule has 0 radical (unpaired) electrons. The van der Waals surface area contributed by atoms with Gasteiger partial charge in [0.25, 0.3) is 0 Å². The number of nitrogens with one attached hydrogen (secondary N) is 2. The van der Waals surface area contributed by atoms with Crippen LogP contribution in [0.4, 0.5) is 9.59 Å². The highest BCUT2D eigenvalue weighted by Gasteiger charge is 2.22. The number of carbonyl (C=O) groups is 4. The van der Waals surface area contributed by atoms with Crippen LogP contribution in [0.1, 0.15) is 175 Å². The third kappa shape index (κ3) is 28.4. The summed E-state index contributed by atoms with van der Waals surface area (Å²) in [5.74, 6) is -0.589. The fourth-order valence-electron chi connectivity index (χ4n) is 6.93. The van der Waals surface area contributed by atoms with Crippen LogP contribution < -0.4 is 10.6 Å². The van der Waals surface area contributed by atoms with E-state index < -0.39 is 12.2 Å². The Bertz CT molecular complexity index is 922. The molecule has 0 bridgehead atoms. The molecule has 0 aliphatic carbocycles. The molecule has 3 unspecified atom stereocenters. The number of carbonyl (C=O) groups excluding carboxylic acids is 4. The molecule has 55 heavy (non-hydrogen) atoms. The minimum absolute atomic E-state index is 0.0689. The maximum atomic E-state index is 12.6. The second kappa shape index (κ2) is 34.6. The smallest absolute Gasteiger partial charge is 0.407 e. The van der Waals surface area contributed by atoms with E-state index in [4.69, 9.17) is 18.9 Å². The van der Waals surface area contributed by atoms with Gasteiger partial charge in [-0.3, -0.25) is 9.59 Å². The first-order valence-electron chi connectivity index (χ1n) is 22.3. The minimum atomic E-state index is -0.415. The largest absolute Gasteiger partial charge is 0.466 e. The summed E-state index contributed by atoms with van der Waals surface area (Å²) in [7, 11) is 2.15. The Hall–Kier alpha value is -2.60. The predicted octanol–water partition coefficient (Wildman–Crippen LogP) is 8.93. The first-order valence-corrected chi connectivity index (χ1v) is 22.3. The molecule has 2 amide bonds. The first kappa shape index (κ1) is 50.4. The molecule has 1 aliphatic heterocycles. The van der Waals surface area contributed by atoms with Crippen molar-refractivity contribution in [2.24, 2.45) is 0 Å². The average Bonchev–Trinajstić information content (AvgIpc) is 3.59. The molecule has 2 N–H and O–H groups in total. The predicted molar refractivity (Wildman–Crippen MR) is 220 cm³/mol. The van der Waals surface area contributed by atoms with E-state index in [-0.39, 0.29) is 50.2 Å². The maximum Gasteiger partial charge on any atom is 0.407 e. The lowest BCUT2D eigenvalue weighted by atomic mass is 10.1. The molecule has 0 spiro atoms. The number of unbranched alkanes of at least 4 members (excludes halogenated alkanes) is 10. The molecule has 0 saturated carbocycles. The van der Waals surface area contributed by atoms with Gasteiger partial charge in [-0.2, -0.15) is 0 Å². The van der Waals surface area contributed by atoms with Gasteiger partial charge in [-0.25, -0.2) is 9.59 Å². The molecule has 0 aromatic heterocycles. The summed E-state index contributed by atoms with van der Waals surface area (Å²) < 4.78 is 22.1. The fraction of sp³-hybridized carbons (Fsp3) is 0.907. The molecule has 1 fully saturated rings. The zero-order valence-electron chi connectivity index (χ0n) is 35.8. The highest BCUT2D eigenvalue weighted by Crippen LogP contribution is 2.19. The first-order chi connectivity index (χ1) is 26.7. The summed E-state index contributed by atoms with van der Waals surface area (Å²) in [5.41, 5.74) is 0. The van der Waals surface area contributed by atoms with Gasteiger partial charge in [-0.1, -0.05) is 91.9 Å². The van der Waals surface area contributed by atoms with E-state index >= 15 is 0 Å². The van der Waals surface area contributed by atoms with Crippen molar-refractivity contribution in [3.63, 3.8) is 0 Å². The van der Waals surface area contributed by atoms with Gasteiger partial charge in [-0.05, 0) is 90.8 Å². The van der Waals surface area contributed by atoms with Gasteiger partial charge in [0.05, 0.1) is 26.1 Å². The van der Waals surface area contributed by atoms with Crippen molar-refractivity contribution in [3.05, 3.63) is 0 Å². The van der Waals surface area contributed by atoms with Gasteiger partial charge in [0.1, 0.15) is 12.2 Å². The standard InChI is InChI=1S/C43H82N4O8/c1-6-10-12-14-16-18-24-38(8-3)54-42(50)44-29-21-35-52-40(48)27-33-47(32-26-37-23-20-31-46(37)5)34-28-41(49)53-36-22-30-45-43(51)55-39(9-4)25-19-17-15-13-11-7-2/h37-39H,6-36H2,1-5H3,(H,44,50)(H,45,51). The van der Waals surface area contributed by atoms with Crippen molar-refractivity contribution >= 4 is 24.1 Å². The monoisotopic (exact) mass is 783 g/mol. The lowest BCUT2D eigenvalue weighted by Gasteiger charge is -2.26. The Labute approximate surface area is 335 Å². The molecule has 12 nitrogen and oxygen atoms in total. The van der Waals surface area contributed by atoms with Gasteiger partial charge < -0.3 is 39.4 Å². The van der Waals surface area contributed by atoms with E-state index in [1.54, 1.807) is 0 Å². The van der Waals surface area contributed by atoms with Crippen molar-refractivity contribution in [2.45, 2.75) is 194 Å². The fourth-order valence-corrected chi connectivity index (χ4v) is 6.93. The summed E-state index contributed by atoms with van der Waals surface area (Å²) in [6.45, 7) is 12.6. The molecule has 1 saturated heterocycles. The molecule has 12 heteroatoms. The lowest BCUT2D eigenvalue weighted by Crippen LogP contribution is -2.35. The molecule has 1 heterocycles. The number of esters is 2. The molecule has 1 rings (SSSR count). The number of rotatable bonds is 35. The summed E-state index contributed by atoms with van der Waals surface area (Å²) >= 11 is 0. The van der Waals surface area contributed by atoms with Gasteiger partial charge in [0.2, 0.25) is 0 Å². The normalized spacial score (nSPS) is 15.4. The van der Waals surface area contributed by atoms with Crippen LogP contribution in [0.3, 0.4) is 0 Å². The molecule has 322 valence electrons. The van der Waals surface area contributed by atoms with E-state index in [1.165, 1.54) is 70.6 Å². The highest BCUT2D eigenvalue weighted by atomic mass is 16.6. The van der Waals surface area contributed by atoms with E-state index in [1.807, 2.05) is 13.8 Å². The minimum Gasteiger partial charge on any atom is -0.466 e. The second-order valence-corrected chi connectivity index (χ2v) is 15.4. The van der Waals surface area contributed by atoms with Gasteiger partial charge in [0.15, 0.2) is 0 Å². The van der Waals surface area contributed by atoms with Crippen LogP contribution in [0.5, 0.6) is 0 Å². The maximum absolute atomic E-state index is 12.6. The summed E-state index contributed by atoms with van der Waals surface area (Å²) in [6.07, 6.45) is 21.7. The Morgan fingerprint density at radius 3 is 1.51 bits per heavy atom. The quantitative estimate of drug-likeness (QED) is 0.0365. The number of amides is 2. The summed E-state index contributed by atoms with van der Waals surface area (Å²) in [4.78, 5) is 54.2. The van der Waals surface area contributed by atoms with Crippen LogP contribution in [-0.4, -0.2) is 112 Å². The summed E-state index contributed by atoms with van der Waals surface area (Å²) in [5, 5.41) is 5.56. The Balaban J connectivity index is 2.30. The number of hydrogen-bond acceptors (Lipinski definition) is 10. The van der Waals surface area contributed by atoms with Crippen molar-refractivity contribution in [2.75, 3.05) is 59.5 Å². The molecular weight excluding hydrogens is 700 g/mol. The summed E-state index contributed by atoms with van der Waals surface area (Å²) in [6, 6.07) is 0.506. The number of alkyl carbamates (subject to hydrolysis) is 2. The van der Waals surface area contributed by atoms with E-state index in [0.29, 0.717) is 45.1 Å². The Kier molecular flexibility index (Phi) is 31.7. The third-order valence-electron chi connectivity index (χ3n) is 10.6. The van der Waals surface area contributed by atoms with Crippen LogP contribution in [0.15, 0.2) is 0 Å². The zero-order chi connectivity index (χ0) is 40.4. The Morgan fingerprint density at radius 1 is 0.636 bits per heavy atom. The number of likely N-dealkylation sites (tertiary alicyclic amines) is 1. The van der Waals surface area contributed by atoms with Crippen LogP contribution in [0.2, 0.25) is 0 Å². The average molecular weight is 783 g/mol. The molecule has 0 aromatic carbocycles.